The number of nitrogens with one attached hydrogen (secondary N) is 2. The third-order valence-electron chi connectivity index (χ3n) is 4.78. The van der Waals surface area contributed by atoms with Crippen molar-refractivity contribution in [1.82, 2.24) is 19.5 Å². The molecule has 0 amide bonds. The lowest BCUT2D eigenvalue weighted by atomic mass is 9.86. The van der Waals surface area contributed by atoms with Gasteiger partial charge in [-0.3, -0.25) is 14.3 Å². The fraction of sp³-hybridized carbons (Fsp3) is 0.375. The number of fused-ring (bicyclic) bond motifs is 3. The van der Waals surface area contributed by atoms with Gasteiger partial charge in [0.2, 0.25) is 0 Å². The Morgan fingerprint density at radius 2 is 1.96 bits per heavy atom. The first-order valence-electron chi connectivity index (χ1n) is 7.75. The van der Waals surface area contributed by atoms with Gasteiger partial charge in [-0.05, 0) is 31.7 Å². The van der Waals surface area contributed by atoms with Crippen LogP contribution in [-0.2, 0) is 4.79 Å². The van der Waals surface area contributed by atoms with Gasteiger partial charge in [0.1, 0.15) is 11.9 Å². The van der Waals surface area contributed by atoms with Crippen molar-refractivity contribution < 1.29 is 4.79 Å². The molecule has 4 rings (SSSR count). The maximum Gasteiger partial charge on any atom is 0.329 e. The molecule has 0 spiro atoms. The van der Waals surface area contributed by atoms with Gasteiger partial charge in [0.05, 0.1) is 10.9 Å². The summed E-state index contributed by atoms with van der Waals surface area (Å²) in [6.07, 6.45) is 7.28. The summed E-state index contributed by atoms with van der Waals surface area (Å²) in [5, 5.41) is 1.18. The molecule has 23 heavy (non-hydrogen) atoms. The largest absolute Gasteiger partial charge is 0.346 e. The molecule has 3 aromatic heterocycles. The molecule has 0 aromatic carbocycles. The molecule has 0 atom stereocenters. The van der Waals surface area contributed by atoms with Crippen molar-refractivity contribution in [3.63, 3.8) is 0 Å². The summed E-state index contributed by atoms with van der Waals surface area (Å²) in [5.41, 5.74) is 0.460. The van der Waals surface area contributed by atoms with Crippen molar-refractivity contribution >= 4 is 28.2 Å². The normalized spacial score (nSPS) is 21.7. The molecule has 7 heteroatoms. The molecule has 1 aliphatic carbocycles. The second kappa shape index (κ2) is 5.19. The van der Waals surface area contributed by atoms with Crippen molar-refractivity contribution in [2.75, 3.05) is 0 Å². The van der Waals surface area contributed by atoms with Gasteiger partial charge in [-0.1, -0.05) is 0 Å². The summed E-state index contributed by atoms with van der Waals surface area (Å²) >= 11 is 0. The number of aromatic amines is 2. The zero-order valence-corrected chi connectivity index (χ0v) is 12.4. The molecule has 118 valence electrons. The van der Waals surface area contributed by atoms with Crippen LogP contribution >= 0.6 is 0 Å². The molecule has 1 aliphatic rings. The van der Waals surface area contributed by atoms with Gasteiger partial charge in [-0.2, -0.15) is 0 Å². The van der Waals surface area contributed by atoms with Gasteiger partial charge in [-0.25, -0.2) is 9.78 Å². The van der Waals surface area contributed by atoms with Crippen molar-refractivity contribution in [2.45, 2.75) is 31.7 Å². The highest BCUT2D eigenvalue weighted by atomic mass is 16.2. The molecular weight excluding hydrogens is 296 g/mol. The monoisotopic (exact) mass is 312 g/mol. The fourth-order valence-corrected chi connectivity index (χ4v) is 3.59. The number of nitrogens with zero attached hydrogens (tertiary/aromatic N) is 2. The Kier molecular flexibility index (Phi) is 3.14. The Hall–Kier alpha value is -2.70. The van der Waals surface area contributed by atoms with Gasteiger partial charge in [0, 0.05) is 29.7 Å². The van der Waals surface area contributed by atoms with Crippen molar-refractivity contribution in [2.24, 2.45) is 5.92 Å². The summed E-state index contributed by atoms with van der Waals surface area (Å²) in [5.74, 6) is 0.0740. The number of aldehydes is 1. The highest BCUT2D eigenvalue weighted by Gasteiger charge is 2.25. The van der Waals surface area contributed by atoms with E-state index in [1.54, 1.807) is 10.8 Å². The van der Waals surface area contributed by atoms with E-state index in [2.05, 4.69) is 15.0 Å². The average molecular weight is 312 g/mol. The van der Waals surface area contributed by atoms with Crippen LogP contribution in [0.15, 0.2) is 28.0 Å². The Morgan fingerprint density at radius 1 is 1.17 bits per heavy atom. The van der Waals surface area contributed by atoms with E-state index in [-0.39, 0.29) is 12.0 Å². The first-order chi connectivity index (χ1) is 11.2. The second-order valence-electron chi connectivity index (χ2n) is 6.09. The quantitative estimate of drug-likeness (QED) is 0.700. The Balaban J connectivity index is 1.98. The molecule has 0 unspecified atom stereocenters. The number of hydrogen-bond donors (Lipinski definition) is 2. The lowest BCUT2D eigenvalue weighted by Gasteiger charge is -2.28. The molecule has 0 aliphatic heterocycles. The molecular formula is C16H16N4O3. The number of carbonyl (C=O) groups is 1. The van der Waals surface area contributed by atoms with Gasteiger partial charge in [0.15, 0.2) is 0 Å². The number of pyridine rings is 1. The van der Waals surface area contributed by atoms with E-state index >= 15 is 0 Å². The standard InChI is InChI=1S/C16H16N4O3/c21-8-9-1-3-10(4-2-9)20-13-11-5-6-17-14(11)18-7-12(13)15(22)19-16(20)23/h5-10H,1-4H2,(H,17,18)(H,19,22,23). The van der Waals surface area contributed by atoms with E-state index < -0.39 is 11.2 Å². The minimum Gasteiger partial charge on any atom is -0.346 e. The van der Waals surface area contributed by atoms with Crippen LogP contribution in [0.2, 0.25) is 0 Å². The SMILES string of the molecule is O=CC1CCC(n2c(=O)[nH]c(=O)c3cnc4[nH]ccc4c32)CC1. The number of hydrogen-bond acceptors (Lipinski definition) is 4. The molecule has 2 N–H and O–H groups in total. The maximum atomic E-state index is 12.5. The summed E-state index contributed by atoms with van der Waals surface area (Å²) in [6.45, 7) is 0. The minimum atomic E-state index is -0.418. The topological polar surface area (TPSA) is 101 Å². The summed E-state index contributed by atoms with van der Waals surface area (Å²) in [6, 6.07) is 1.82. The van der Waals surface area contributed by atoms with Crippen LogP contribution in [0.5, 0.6) is 0 Å². The average Bonchev–Trinajstić information content (AvgIpc) is 3.04. The zero-order chi connectivity index (χ0) is 16.0. The van der Waals surface area contributed by atoms with E-state index in [1.165, 1.54) is 6.20 Å². The van der Waals surface area contributed by atoms with Gasteiger partial charge >= 0.3 is 5.69 Å². The van der Waals surface area contributed by atoms with Crippen LogP contribution in [-0.4, -0.2) is 25.8 Å². The smallest absolute Gasteiger partial charge is 0.329 e. The molecule has 1 saturated carbocycles. The minimum absolute atomic E-state index is 0.0152. The van der Waals surface area contributed by atoms with Crippen LogP contribution in [0.4, 0.5) is 0 Å². The highest BCUT2D eigenvalue weighted by molar-refractivity contribution is 6.01. The van der Waals surface area contributed by atoms with Crippen LogP contribution in [0.25, 0.3) is 21.9 Å². The van der Waals surface area contributed by atoms with Gasteiger partial charge < -0.3 is 9.78 Å². The predicted octanol–water partition coefficient (Wildman–Crippen LogP) is 1.50. The molecule has 1 fully saturated rings. The lowest BCUT2D eigenvalue weighted by Crippen LogP contribution is -2.34. The van der Waals surface area contributed by atoms with Crippen molar-refractivity contribution in [3.8, 4) is 0 Å². The third kappa shape index (κ3) is 2.11. The van der Waals surface area contributed by atoms with Crippen LogP contribution in [0, 0.1) is 5.92 Å². The summed E-state index contributed by atoms with van der Waals surface area (Å²) < 4.78 is 1.68. The summed E-state index contributed by atoms with van der Waals surface area (Å²) in [7, 11) is 0. The zero-order valence-electron chi connectivity index (χ0n) is 12.4. The highest BCUT2D eigenvalue weighted by Crippen LogP contribution is 2.33. The third-order valence-corrected chi connectivity index (χ3v) is 4.78. The van der Waals surface area contributed by atoms with E-state index in [0.717, 1.165) is 37.4 Å². The number of aromatic nitrogens is 4. The molecule has 7 nitrogen and oxygen atoms in total. The molecule has 3 aromatic rings. The van der Waals surface area contributed by atoms with Crippen molar-refractivity contribution in [1.29, 1.82) is 0 Å². The van der Waals surface area contributed by atoms with E-state index in [4.69, 9.17) is 0 Å². The fourth-order valence-electron chi connectivity index (χ4n) is 3.59. The Labute approximate surface area is 130 Å². The van der Waals surface area contributed by atoms with Crippen LogP contribution in [0.1, 0.15) is 31.7 Å². The molecule has 0 bridgehead atoms. The van der Waals surface area contributed by atoms with E-state index in [9.17, 15) is 14.4 Å². The van der Waals surface area contributed by atoms with E-state index in [0.29, 0.717) is 16.6 Å². The first-order valence-corrected chi connectivity index (χ1v) is 7.75. The Morgan fingerprint density at radius 3 is 2.70 bits per heavy atom. The van der Waals surface area contributed by atoms with Crippen LogP contribution < -0.4 is 11.2 Å². The first kappa shape index (κ1) is 13.9. The van der Waals surface area contributed by atoms with Gasteiger partial charge in [-0.15, -0.1) is 0 Å². The lowest BCUT2D eigenvalue weighted by molar-refractivity contribution is -0.112. The summed E-state index contributed by atoms with van der Waals surface area (Å²) in [4.78, 5) is 45.2. The van der Waals surface area contributed by atoms with Gasteiger partial charge in [0.25, 0.3) is 5.56 Å². The molecule has 0 radical (unpaired) electrons. The maximum absolute atomic E-state index is 12.5. The predicted molar refractivity (Wildman–Crippen MR) is 85.5 cm³/mol. The Bertz CT molecular complexity index is 1010. The van der Waals surface area contributed by atoms with Crippen molar-refractivity contribution in [3.05, 3.63) is 39.3 Å². The number of rotatable bonds is 2. The van der Waals surface area contributed by atoms with Crippen LogP contribution in [0.3, 0.4) is 0 Å². The molecule has 3 heterocycles. The number of carbonyl (C=O) groups excluding carboxylic acids is 1. The molecule has 0 saturated heterocycles. The second-order valence-corrected chi connectivity index (χ2v) is 6.09. The number of H-pyrrole nitrogens is 2. The van der Waals surface area contributed by atoms with E-state index in [1.807, 2.05) is 6.07 Å².